The number of carbonyl (C=O) groups is 2. The molecular formula is C17H21ClN2O3. The largest absolute Gasteiger partial charge is 0.371 e. The normalized spacial score (nSPS) is 20.6. The first-order valence-electron chi connectivity index (χ1n) is 7.67. The van der Waals surface area contributed by atoms with E-state index in [1.54, 1.807) is 0 Å². The molecule has 1 aliphatic heterocycles. The van der Waals surface area contributed by atoms with E-state index in [9.17, 15) is 9.59 Å². The molecule has 1 heterocycles. The van der Waals surface area contributed by atoms with Gasteiger partial charge in [0.15, 0.2) is 0 Å². The highest BCUT2D eigenvalue weighted by Crippen LogP contribution is 2.29. The summed E-state index contributed by atoms with van der Waals surface area (Å²) in [5.41, 5.74) is 0.999. The SMILES string of the molecule is C=CC(=O)NCCC(=O)N[C@@H]1CCCO[C@H]1c1ccc(Cl)cc1. The minimum Gasteiger partial charge on any atom is -0.371 e. The third kappa shape index (κ3) is 5.37. The van der Waals surface area contributed by atoms with Gasteiger partial charge in [0, 0.05) is 24.6 Å². The van der Waals surface area contributed by atoms with Crippen LogP contribution in [0.4, 0.5) is 0 Å². The van der Waals surface area contributed by atoms with Gasteiger partial charge < -0.3 is 15.4 Å². The van der Waals surface area contributed by atoms with Crippen molar-refractivity contribution in [2.45, 2.75) is 31.4 Å². The van der Waals surface area contributed by atoms with Crippen molar-refractivity contribution in [2.24, 2.45) is 0 Å². The van der Waals surface area contributed by atoms with Crippen molar-refractivity contribution in [2.75, 3.05) is 13.2 Å². The molecule has 0 unspecified atom stereocenters. The van der Waals surface area contributed by atoms with Gasteiger partial charge in [-0.25, -0.2) is 0 Å². The Hall–Kier alpha value is -1.85. The Morgan fingerprint density at radius 1 is 1.35 bits per heavy atom. The predicted molar refractivity (Wildman–Crippen MR) is 89.1 cm³/mol. The van der Waals surface area contributed by atoms with Crippen LogP contribution in [0.2, 0.25) is 5.02 Å². The fourth-order valence-corrected chi connectivity index (χ4v) is 2.69. The Kier molecular flexibility index (Phi) is 6.62. The molecule has 6 heteroatoms. The predicted octanol–water partition coefficient (Wildman–Crippen LogP) is 2.37. The lowest BCUT2D eigenvalue weighted by Gasteiger charge is -2.32. The van der Waals surface area contributed by atoms with Crippen LogP contribution in [0.5, 0.6) is 0 Å². The highest BCUT2D eigenvalue weighted by molar-refractivity contribution is 6.30. The Morgan fingerprint density at radius 3 is 2.78 bits per heavy atom. The maximum absolute atomic E-state index is 12.0. The van der Waals surface area contributed by atoms with Gasteiger partial charge in [-0.1, -0.05) is 30.3 Å². The van der Waals surface area contributed by atoms with E-state index in [0.29, 0.717) is 11.6 Å². The molecule has 2 amide bonds. The fourth-order valence-electron chi connectivity index (χ4n) is 2.56. The number of ether oxygens (including phenoxy) is 1. The molecule has 1 fully saturated rings. The summed E-state index contributed by atoms with van der Waals surface area (Å²) in [6, 6.07) is 7.40. The van der Waals surface area contributed by atoms with E-state index in [2.05, 4.69) is 17.2 Å². The number of nitrogens with one attached hydrogen (secondary N) is 2. The maximum Gasteiger partial charge on any atom is 0.243 e. The molecule has 0 spiro atoms. The van der Waals surface area contributed by atoms with Crippen LogP contribution < -0.4 is 10.6 Å². The molecular weight excluding hydrogens is 316 g/mol. The van der Waals surface area contributed by atoms with Crippen molar-refractivity contribution >= 4 is 23.4 Å². The smallest absolute Gasteiger partial charge is 0.243 e. The van der Waals surface area contributed by atoms with Crippen LogP contribution in [-0.4, -0.2) is 31.0 Å². The number of hydrogen-bond acceptors (Lipinski definition) is 3. The first-order chi connectivity index (χ1) is 11.1. The molecule has 2 rings (SSSR count). The molecule has 1 aromatic carbocycles. The van der Waals surface area contributed by atoms with Crippen LogP contribution in [-0.2, 0) is 14.3 Å². The molecule has 23 heavy (non-hydrogen) atoms. The third-order valence-electron chi connectivity index (χ3n) is 3.70. The van der Waals surface area contributed by atoms with Gasteiger partial charge >= 0.3 is 0 Å². The lowest BCUT2D eigenvalue weighted by molar-refractivity contribution is -0.124. The summed E-state index contributed by atoms with van der Waals surface area (Å²) in [6.45, 7) is 4.33. The van der Waals surface area contributed by atoms with Gasteiger partial charge in [-0.15, -0.1) is 0 Å². The van der Waals surface area contributed by atoms with Crippen LogP contribution >= 0.6 is 11.6 Å². The van der Waals surface area contributed by atoms with Crippen LogP contribution in [0.25, 0.3) is 0 Å². The molecule has 0 radical (unpaired) electrons. The summed E-state index contributed by atoms with van der Waals surface area (Å²) in [4.78, 5) is 23.1. The average Bonchev–Trinajstić information content (AvgIpc) is 2.56. The standard InChI is InChI=1S/C17H21ClN2O3/c1-2-15(21)19-10-9-16(22)20-14-4-3-11-23-17(14)12-5-7-13(18)8-6-12/h2,5-8,14,17H,1,3-4,9-11H2,(H,19,21)(H,20,22)/t14-,17+/m1/s1. The van der Waals surface area contributed by atoms with Gasteiger partial charge in [0.1, 0.15) is 6.10 Å². The molecule has 0 aromatic heterocycles. The Morgan fingerprint density at radius 2 is 2.09 bits per heavy atom. The van der Waals surface area contributed by atoms with E-state index < -0.39 is 0 Å². The van der Waals surface area contributed by atoms with Gasteiger partial charge in [0.25, 0.3) is 0 Å². The summed E-state index contributed by atoms with van der Waals surface area (Å²) >= 11 is 5.91. The highest BCUT2D eigenvalue weighted by atomic mass is 35.5. The minimum atomic E-state index is -0.280. The first-order valence-corrected chi connectivity index (χ1v) is 8.04. The van der Waals surface area contributed by atoms with Gasteiger partial charge in [-0.2, -0.15) is 0 Å². The van der Waals surface area contributed by atoms with Gasteiger partial charge in [-0.05, 0) is 36.6 Å². The van der Waals surface area contributed by atoms with Gasteiger partial charge in [0.2, 0.25) is 11.8 Å². The molecule has 5 nitrogen and oxygen atoms in total. The second-order valence-corrected chi connectivity index (χ2v) is 5.84. The summed E-state index contributed by atoms with van der Waals surface area (Å²) in [6.07, 6.45) is 3.00. The number of benzene rings is 1. The maximum atomic E-state index is 12.0. The molecule has 2 N–H and O–H groups in total. The monoisotopic (exact) mass is 336 g/mol. The number of halogens is 1. The number of amides is 2. The Bertz CT molecular complexity index is 559. The van der Waals surface area contributed by atoms with Crippen LogP contribution in [0.3, 0.4) is 0 Å². The minimum absolute atomic E-state index is 0.0764. The van der Waals surface area contributed by atoms with Crippen LogP contribution in [0, 0.1) is 0 Å². The van der Waals surface area contributed by atoms with E-state index in [1.165, 1.54) is 6.08 Å². The number of hydrogen-bond donors (Lipinski definition) is 2. The zero-order valence-corrected chi connectivity index (χ0v) is 13.6. The van der Waals surface area contributed by atoms with E-state index in [0.717, 1.165) is 18.4 Å². The summed E-state index contributed by atoms with van der Waals surface area (Å²) in [5.74, 6) is -0.387. The Balaban J connectivity index is 1.90. The van der Waals surface area contributed by atoms with Crippen molar-refractivity contribution in [3.63, 3.8) is 0 Å². The van der Waals surface area contributed by atoms with Crippen molar-refractivity contribution in [3.05, 3.63) is 47.5 Å². The van der Waals surface area contributed by atoms with Crippen LogP contribution in [0.1, 0.15) is 30.9 Å². The second-order valence-electron chi connectivity index (χ2n) is 5.40. The van der Waals surface area contributed by atoms with E-state index in [-0.39, 0.29) is 36.9 Å². The fraction of sp³-hybridized carbons (Fsp3) is 0.412. The zero-order chi connectivity index (χ0) is 16.7. The third-order valence-corrected chi connectivity index (χ3v) is 3.96. The summed E-state index contributed by atoms with van der Waals surface area (Å²) in [7, 11) is 0. The molecule has 0 saturated carbocycles. The van der Waals surface area contributed by atoms with E-state index >= 15 is 0 Å². The highest BCUT2D eigenvalue weighted by Gasteiger charge is 2.28. The molecule has 2 atom stereocenters. The van der Waals surface area contributed by atoms with Crippen molar-refractivity contribution in [1.82, 2.24) is 10.6 Å². The molecule has 124 valence electrons. The first kappa shape index (κ1) is 17.5. The summed E-state index contributed by atoms with van der Waals surface area (Å²) < 4.78 is 5.84. The van der Waals surface area contributed by atoms with Crippen molar-refractivity contribution in [1.29, 1.82) is 0 Å². The van der Waals surface area contributed by atoms with Gasteiger partial charge in [-0.3, -0.25) is 9.59 Å². The average molecular weight is 337 g/mol. The lowest BCUT2D eigenvalue weighted by Crippen LogP contribution is -2.43. The number of rotatable bonds is 6. The molecule has 0 aliphatic carbocycles. The molecule has 1 saturated heterocycles. The molecule has 1 aromatic rings. The number of carbonyl (C=O) groups excluding carboxylic acids is 2. The molecule has 0 bridgehead atoms. The zero-order valence-electron chi connectivity index (χ0n) is 12.9. The van der Waals surface area contributed by atoms with Gasteiger partial charge in [0.05, 0.1) is 6.04 Å². The van der Waals surface area contributed by atoms with E-state index in [1.807, 2.05) is 24.3 Å². The summed E-state index contributed by atoms with van der Waals surface area (Å²) in [5, 5.41) is 6.26. The van der Waals surface area contributed by atoms with E-state index in [4.69, 9.17) is 16.3 Å². The van der Waals surface area contributed by atoms with Crippen LogP contribution in [0.15, 0.2) is 36.9 Å². The quantitative estimate of drug-likeness (QED) is 0.784. The topological polar surface area (TPSA) is 67.4 Å². The van der Waals surface area contributed by atoms with Crippen molar-refractivity contribution < 1.29 is 14.3 Å². The van der Waals surface area contributed by atoms with Crippen molar-refractivity contribution in [3.8, 4) is 0 Å². The second kappa shape index (κ2) is 8.70. The lowest BCUT2D eigenvalue weighted by atomic mass is 9.96. The Labute approximate surface area is 141 Å². The molecule has 1 aliphatic rings.